The molecular formula is C32H29F3N6O5. The molecule has 4 heterocycles. The van der Waals surface area contributed by atoms with Crippen LogP contribution in [0, 0.1) is 0 Å². The number of imidazole rings is 1. The molecule has 0 aliphatic carbocycles. The van der Waals surface area contributed by atoms with Crippen LogP contribution in [-0.2, 0) is 14.3 Å². The second-order valence-electron chi connectivity index (χ2n) is 10.1. The van der Waals surface area contributed by atoms with E-state index in [2.05, 4.69) is 27.4 Å². The molecule has 3 N–H and O–H groups in total. The van der Waals surface area contributed by atoms with Gasteiger partial charge in [-0.3, -0.25) is 4.79 Å². The van der Waals surface area contributed by atoms with E-state index < -0.39 is 18.1 Å². The Balaban J connectivity index is 0.000000537. The SMILES string of the molecule is O=C(O)C(F)(F)F.O=C(O)CCNc1ccc(-c2c(C=Cc3ccc4ccccc4n3)nc3c(N4CCOCC4)ccnn23)cc1. The molecule has 3 aromatic heterocycles. The Kier molecular flexibility index (Phi) is 9.76. The molecule has 11 nitrogen and oxygen atoms in total. The number of nitrogens with one attached hydrogen (secondary N) is 1. The molecule has 0 amide bonds. The van der Waals surface area contributed by atoms with Gasteiger partial charge in [0.15, 0.2) is 5.65 Å². The van der Waals surface area contributed by atoms with Gasteiger partial charge in [-0.15, -0.1) is 0 Å². The molecule has 0 atom stereocenters. The zero-order valence-electron chi connectivity index (χ0n) is 24.3. The topological polar surface area (TPSA) is 142 Å². The summed E-state index contributed by atoms with van der Waals surface area (Å²) in [6.45, 7) is 3.31. The Hall–Kier alpha value is -5.50. The summed E-state index contributed by atoms with van der Waals surface area (Å²) in [5, 5.41) is 25.0. The van der Waals surface area contributed by atoms with E-state index in [0.29, 0.717) is 19.8 Å². The highest BCUT2D eigenvalue weighted by atomic mass is 19.4. The Morgan fingerprint density at radius 1 is 0.935 bits per heavy atom. The number of para-hydroxylation sites is 1. The maximum Gasteiger partial charge on any atom is 0.490 e. The van der Waals surface area contributed by atoms with Gasteiger partial charge in [0, 0.05) is 36.3 Å². The van der Waals surface area contributed by atoms with E-state index in [9.17, 15) is 18.0 Å². The van der Waals surface area contributed by atoms with E-state index in [0.717, 1.165) is 63.7 Å². The number of halogens is 3. The number of fused-ring (bicyclic) bond motifs is 2. The van der Waals surface area contributed by atoms with Crippen LogP contribution in [0.1, 0.15) is 17.8 Å². The first-order chi connectivity index (χ1) is 22.1. The first-order valence-corrected chi connectivity index (χ1v) is 14.2. The molecule has 0 radical (unpaired) electrons. The van der Waals surface area contributed by atoms with Gasteiger partial charge in [0.2, 0.25) is 0 Å². The fraction of sp³-hybridized carbons (Fsp3) is 0.219. The number of hydrogen-bond donors (Lipinski definition) is 3. The number of ether oxygens (including phenoxy) is 1. The highest BCUT2D eigenvalue weighted by Crippen LogP contribution is 2.31. The number of benzene rings is 2. The van der Waals surface area contributed by atoms with Crippen molar-refractivity contribution in [3.63, 3.8) is 0 Å². The Morgan fingerprint density at radius 2 is 1.65 bits per heavy atom. The average molecular weight is 635 g/mol. The van der Waals surface area contributed by atoms with Crippen molar-refractivity contribution in [2.75, 3.05) is 43.1 Å². The first-order valence-electron chi connectivity index (χ1n) is 14.2. The fourth-order valence-corrected chi connectivity index (χ4v) is 4.79. The number of aliphatic carboxylic acids is 2. The summed E-state index contributed by atoms with van der Waals surface area (Å²) in [5.74, 6) is -3.59. The van der Waals surface area contributed by atoms with Gasteiger partial charge in [-0.1, -0.05) is 36.4 Å². The largest absolute Gasteiger partial charge is 0.490 e. The highest BCUT2D eigenvalue weighted by Gasteiger charge is 2.38. The van der Waals surface area contributed by atoms with Crippen LogP contribution < -0.4 is 10.2 Å². The summed E-state index contributed by atoms with van der Waals surface area (Å²) in [6.07, 6.45) is 0.751. The van der Waals surface area contributed by atoms with Crippen LogP contribution >= 0.6 is 0 Å². The van der Waals surface area contributed by atoms with Crippen molar-refractivity contribution >= 4 is 52.0 Å². The smallest absolute Gasteiger partial charge is 0.481 e. The molecule has 238 valence electrons. The lowest BCUT2D eigenvalue weighted by Crippen LogP contribution is -2.36. The lowest BCUT2D eigenvalue weighted by atomic mass is 10.1. The molecule has 0 spiro atoms. The molecule has 14 heteroatoms. The number of anilines is 2. The Morgan fingerprint density at radius 3 is 2.35 bits per heavy atom. The third kappa shape index (κ3) is 7.77. The average Bonchev–Trinajstić information content (AvgIpc) is 3.43. The number of carboxylic acid groups (broad SMARTS) is 2. The van der Waals surface area contributed by atoms with Crippen LogP contribution in [0.4, 0.5) is 24.5 Å². The van der Waals surface area contributed by atoms with Crippen molar-refractivity contribution in [2.45, 2.75) is 12.6 Å². The number of carboxylic acids is 2. The van der Waals surface area contributed by atoms with Crippen molar-refractivity contribution in [3.8, 4) is 11.3 Å². The molecule has 46 heavy (non-hydrogen) atoms. The number of carbonyl (C=O) groups is 2. The zero-order valence-corrected chi connectivity index (χ0v) is 24.3. The molecule has 0 saturated carbocycles. The van der Waals surface area contributed by atoms with E-state index in [1.165, 1.54) is 0 Å². The molecular weight excluding hydrogens is 605 g/mol. The predicted molar refractivity (Wildman–Crippen MR) is 167 cm³/mol. The summed E-state index contributed by atoms with van der Waals surface area (Å²) >= 11 is 0. The summed E-state index contributed by atoms with van der Waals surface area (Å²) in [4.78, 5) is 31.9. The first kappa shape index (κ1) is 31.9. The predicted octanol–water partition coefficient (Wildman–Crippen LogP) is 5.47. The molecule has 5 aromatic rings. The van der Waals surface area contributed by atoms with Crippen molar-refractivity contribution in [1.29, 1.82) is 0 Å². The fourth-order valence-electron chi connectivity index (χ4n) is 4.79. The second-order valence-corrected chi connectivity index (χ2v) is 10.1. The van der Waals surface area contributed by atoms with Gasteiger partial charge in [-0.05, 0) is 42.5 Å². The Labute approximate surface area is 260 Å². The van der Waals surface area contributed by atoms with Gasteiger partial charge in [-0.2, -0.15) is 18.3 Å². The highest BCUT2D eigenvalue weighted by molar-refractivity contribution is 5.85. The van der Waals surface area contributed by atoms with Crippen LogP contribution in [0.25, 0.3) is 40.0 Å². The van der Waals surface area contributed by atoms with E-state index in [1.54, 1.807) is 0 Å². The summed E-state index contributed by atoms with van der Waals surface area (Å²) < 4.78 is 39.2. The number of hydrogen-bond acceptors (Lipinski definition) is 8. The number of pyridine rings is 1. The van der Waals surface area contributed by atoms with Gasteiger partial charge in [-0.25, -0.2) is 19.3 Å². The van der Waals surface area contributed by atoms with Crippen LogP contribution in [0.2, 0.25) is 0 Å². The third-order valence-corrected chi connectivity index (χ3v) is 6.98. The molecule has 1 fully saturated rings. The van der Waals surface area contributed by atoms with Crippen molar-refractivity contribution < 1.29 is 37.7 Å². The van der Waals surface area contributed by atoms with Crippen molar-refractivity contribution in [2.24, 2.45) is 0 Å². The van der Waals surface area contributed by atoms with Gasteiger partial charge in [0.05, 0.1) is 48.4 Å². The number of alkyl halides is 3. The maximum absolute atomic E-state index is 10.9. The Bertz CT molecular complexity index is 1870. The van der Waals surface area contributed by atoms with Gasteiger partial charge in [0.1, 0.15) is 5.69 Å². The molecule has 1 aliphatic rings. The van der Waals surface area contributed by atoms with Crippen LogP contribution in [0.5, 0.6) is 0 Å². The quantitative estimate of drug-likeness (QED) is 0.201. The zero-order chi connectivity index (χ0) is 32.7. The molecule has 2 aromatic carbocycles. The summed E-state index contributed by atoms with van der Waals surface area (Å²) in [6, 6.07) is 22.0. The van der Waals surface area contributed by atoms with E-state index >= 15 is 0 Å². The summed E-state index contributed by atoms with van der Waals surface area (Å²) in [5.41, 5.74) is 7.04. The minimum absolute atomic E-state index is 0.0565. The lowest BCUT2D eigenvalue weighted by molar-refractivity contribution is -0.192. The lowest BCUT2D eigenvalue weighted by Gasteiger charge is -2.28. The maximum atomic E-state index is 10.9. The van der Waals surface area contributed by atoms with E-state index in [-0.39, 0.29) is 6.42 Å². The molecule has 1 saturated heterocycles. The van der Waals surface area contributed by atoms with Crippen molar-refractivity contribution in [1.82, 2.24) is 19.6 Å². The standard InChI is InChI=1S/C30H28N6O3.C2HF3O2/c37-28(38)14-15-31-23-8-6-22(7-9-23)29-26(12-11-24-10-5-21-3-1-2-4-25(21)33-24)34-30-27(13-16-32-36(29)30)35-17-19-39-20-18-35;3-2(4,5)1(6)7/h1-13,16,31H,14-15,17-20H2,(H,37,38);(H,6,7). The van der Waals surface area contributed by atoms with E-state index in [4.69, 9.17) is 29.7 Å². The monoisotopic (exact) mass is 634 g/mol. The van der Waals surface area contributed by atoms with Crippen LogP contribution in [0.3, 0.4) is 0 Å². The molecule has 0 unspecified atom stereocenters. The number of aromatic nitrogens is 4. The number of rotatable bonds is 8. The van der Waals surface area contributed by atoms with Gasteiger partial charge < -0.3 is 25.2 Å². The van der Waals surface area contributed by atoms with Crippen LogP contribution in [-0.4, -0.2) is 80.8 Å². The second kappa shape index (κ2) is 14.1. The van der Waals surface area contributed by atoms with Gasteiger partial charge >= 0.3 is 18.1 Å². The van der Waals surface area contributed by atoms with E-state index in [1.807, 2.05) is 77.5 Å². The molecule has 0 bridgehead atoms. The number of nitrogens with zero attached hydrogens (tertiary/aromatic N) is 5. The van der Waals surface area contributed by atoms with Crippen LogP contribution in [0.15, 0.2) is 72.9 Å². The normalized spacial score (nSPS) is 13.5. The third-order valence-electron chi connectivity index (χ3n) is 6.98. The van der Waals surface area contributed by atoms with Gasteiger partial charge in [0.25, 0.3) is 0 Å². The molecule has 6 rings (SSSR count). The summed E-state index contributed by atoms with van der Waals surface area (Å²) in [7, 11) is 0. The van der Waals surface area contributed by atoms with Crippen molar-refractivity contribution in [3.05, 3.63) is 84.3 Å². The number of morpholine rings is 1. The minimum atomic E-state index is -5.08. The molecule has 1 aliphatic heterocycles. The minimum Gasteiger partial charge on any atom is -0.481 e.